The van der Waals surface area contributed by atoms with E-state index in [4.69, 9.17) is 23.2 Å². The third-order valence-electron chi connectivity index (χ3n) is 3.88. The Bertz CT molecular complexity index is 510. The van der Waals surface area contributed by atoms with Crippen LogP contribution in [0.15, 0.2) is 18.2 Å². The smallest absolute Gasteiger partial charge is 0.221 e. The van der Waals surface area contributed by atoms with Gasteiger partial charge in [0.25, 0.3) is 0 Å². The molecule has 0 aromatic heterocycles. The van der Waals surface area contributed by atoms with E-state index in [-0.39, 0.29) is 11.9 Å². The molecule has 1 aliphatic rings. The fourth-order valence-electron chi connectivity index (χ4n) is 2.48. The molecule has 1 N–H and O–H groups in total. The van der Waals surface area contributed by atoms with E-state index in [2.05, 4.69) is 29.2 Å². The lowest BCUT2D eigenvalue weighted by Crippen LogP contribution is -2.51. The van der Waals surface area contributed by atoms with Crippen LogP contribution in [0.4, 0.5) is 0 Å². The summed E-state index contributed by atoms with van der Waals surface area (Å²) in [6.07, 6.45) is 0.499. The summed E-state index contributed by atoms with van der Waals surface area (Å²) in [6.45, 7) is 3.37. The number of carbonyl (C=O) groups is 1. The van der Waals surface area contributed by atoms with Crippen molar-refractivity contribution >= 4 is 29.1 Å². The summed E-state index contributed by atoms with van der Waals surface area (Å²) in [5.74, 6) is 0.0400. The van der Waals surface area contributed by atoms with Crippen molar-refractivity contribution in [3.05, 3.63) is 33.8 Å². The Morgan fingerprint density at radius 3 is 2.86 bits per heavy atom. The predicted molar refractivity (Wildman–Crippen MR) is 86.8 cm³/mol. The molecule has 1 aliphatic heterocycles. The summed E-state index contributed by atoms with van der Waals surface area (Å²) >= 11 is 12.0. The number of halogens is 2. The Morgan fingerprint density at radius 2 is 2.10 bits per heavy atom. The summed E-state index contributed by atoms with van der Waals surface area (Å²) in [4.78, 5) is 16.6. The van der Waals surface area contributed by atoms with E-state index in [1.54, 1.807) is 18.2 Å². The minimum absolute atomic E-state index is 0.0400. The molecule has 0 aliphatic carbocycles. The monoisotopic (exact) mass is 329 g/mol. The SMILES string of the molecule is CN1CCN(C)[C@@H](CC(=O)NCc2cc(Cl)ccc2Cl)C1. The molecular formula is C15H21Cl2N3O. The minimum atomic E-state index is 0.0400. The Balaban J connectivity index is 1.85. The van der Waals surface area contributed by atoms with E-state index in [9.17, 15) is 4.79 Å². The molecule has 4 nitrogen and oxygen atoms in total. The zero-order valence-corrected chi connectivity index (χ0v) is 13.9. The first kappa shape index (κ1) is 16.6. The summed E-state index contributed by atoms with van der Waals surface area (Å²) in [6, 6.07) is 5.53. The molecular weight excluding hydrogens is 309 g/mol. The minimum Gasteiger partial charge on any atom is -0.352 e. The van der Waals surface area contributed by atoms with Gasteiger partial charge < -0.3 is 15.1 Å². The molecule has 1 aromatic carbocycles. The van der Waals surface area contributed by atoms with Crippen LogP contribution in [0.3, 0.4) is 0 Å². The van der Waals surface area contributed by atoms with Gasteiger partial charge in [-0.25, -0.2) is 0 Å². The summed E-state index contributed by atoms with van der Waals surface area (Å²) < 4.78 is 0. The van der Waals surface area contributed by atoms with Gasteiger partial charge in [0.2, 0.25) is 5.91 Å². The van der Waals surface area contributed by atoms with E-state index in [0.29, 0.717) is 23.0 Å². The molecule has 0 saturated carbocycles. The highest BCUT2D eigenvalue weighted by molar-refractivity contribution is 6.33. The number of hydrogen-bond donors (Lipinski definition) is 1. The highest BCUT2D eigenvalue weighted by atomic mass is 35.5. The Morgan fingerprint density at radius 1 is 1.33 bits per heavy atom. The van der Waals surface area contributed by atoms with Gasteiger partial charge in [0.1, 0.15) is 0 Å². The number of hydrogen-bond acceptors (Lipinski definition) is 3. The van der Waals surface area contributed by atoms with Crippen LogP contribution in [-0.4, -0.2) is 55.5 Å². The maximum atomic E-state index is 12.1. The molecule has 1 saturated heterocycles. The van der Waals surface area contributed by atoms with Gasteiger partial charge in [-0.3, -0.25) is 4.79 Å². The average molecular weight is 330 g/mol. The zero-order valence-electron chi connectivity index (χ0n) is 12.4. The number of piperazine rings is 1. The van der Waals surface area contributed by atoms with Crippen molar-refractivity contribution in [3.63, 3.8) is 0 Å². The quantitative estimate of drug-likeness (QED) is 0.920. The topological polar surface area (TPSA) is 35.6 Å². The number of benzene rings is 1. The van der Waals surface area contributed by atoms with Crippen LogP contribution in [0.2, 0.25) is 10.0 Å². The maximum Gasteiger partial charge on any atom is 0.221 e. The molecule has 1 amide bonds. The molecule has 2 rings (SSSR count). The summed E-state index contributed by atoms with van der Waals surface area (Å²) in [7, 11) is 4.16. The van der Waals surface area contributed by atoms with Crippen LogP contribution in [0.1, 0.15) is 12.0 Å². The molecule has 1 fully saturated rings. The van der Waals surface area contributed by atoms with Crippen LogP contribution in [0.25, 0.3) is 0 Å². The number of rotatable bonds is 4. The van der Waals surface area contributed by atoms with Gasteiger partial charge in [-0.15, -0.1) is 0 Å². The first-order valence-electron chi connectivity index (χ1n) is 7.05. The zero-order chi connectivity index (χ0) is 15.4. The van der Waals surface area contributed by atoms with Crippen molar-refractivity contribution in [1.82, 2.24) is 15.1 Å². The second kappa shape index (κ2) is 7.45. The van der Waals surface area contributed by atoms with Gasteiger partial charge in [-0.05, 0) is 37.9 Å². The average Bonchev–Trinajstić information content (AvgIpc) is 2.44. The van der Waals surface area contributed by atoms with Gasteiger partial charge in [0.15, 0.2) is 0 Å². The molecule has 1 atom stereocenters. The fourth-order valence-corrected chi connectivity index (χ4v) is 2.86. The van der Waals surface area contributed by atoms with Gasteiger partial charge in [0, 0.05) is 48.7 Å². The normalized spacial score (nSPS) is 20.5. The van der Waals surface area contributed by atoms with Crippen molar-refractivity contribution in [1.29, 1.82) is 0 Å². The molecule has 116 valence electrons. The second-order valence-electron chi connectivity index (χ2n) is 5.61. The van der Waals surface area contributed by atoms with E-state index < -0.39 is 0 Å². The summed E-state index contributed by atoms with van der Waals surface area (Å²) in [5, 5.41) is 4.16. The van der Waals surface area contributed by atoms with Crippen molar-refractivity contribution in [2.24, 2.45) is 0 Å². The van der Waals surface area contributed by atoms with Crippen molar-refractivity contribution in [2.75, 3.05) is 33.7 Å². The van der Waals surface area contributed by atoms with E-state index in [1.165, 1.54) is 0 Å². The van der Waals surface area contributed by atoms with Gasteiger partial charge >= 0.3 is 0 Å². The highest BCUT2D eigenvalue weighted by Crippen LogP contribution is 2.20. The van der Waals surface area contributed by atoms with Gasteiger partial charge in [0.05, 0.1) is 0 Å². The van der Waals surface area contributed by atoms with E-state index >= 15 is 0 Å². The lowest BCUT2D eigenvalue weighted by Gasteiger charge is -2.37. The van der Waals surface area contributed by atoms with Gasteiger partial charge in [-0.1, -0.05) is 23.2 Å². The molecule has 6 heteroatoms. The van der Waals surface area contributed by atoms with Crippen LogP contribution < -0.4 is 5.32 Å². The Kier molecular flexibility index (Phi) is 5.88. The number of carbonyl (C=O) groups excluding carboxylic acids is 1. The Labute approximate surface area is 136 Å². The van der Waals surface area contributed by atoms with Crippen LogP contribution in [0.5, 0.6) is 0 Å². The molecule has 0 radical (unpaired) electrons. The molecule has 0 unspecified atom stereocenters. The van der Waals surface area contributed by atoms with Gasteiger partial charge in [-0.2, -0.15) is 0 Å². The number of amides is 1. The molecule has 0 bridgehead atoms. The Hall–Kier alpha value is -0.810. The van der Waals surface area contributed by atoms with Crippen LogP contribution in [0, 0.1) is 0 Å². The largest absolute Gasteiger partial charge is 0.352 e. The lowest BCUT2D eigenvalue weighted by atomic mass is 10.1. The third kappa shape index (κ3) is 4.85. The standard InChI is InChI=1S/C15H21Cl2N3O/c1-19-5-6-20(2)13(10-19)8-15(21)18-9-11-7-12(16)3-4-14(11)17/h3-4,7,13H,5-6,8-10H2,1-2H3,(H,18,21)/t13-/m0/s1. The first-order chi connectivity index (χ1) is 9.95. The van der Waals surface area contributed by atoms with E-state index in [1.807, 2.05) is 0 Å². The highest BCUT2D eigenvalue weighted by Gasteiger charge is 2.24. The molecule has 1 aromatic rings. The van der Waals surface area contributed by atoms with Crippen LogP contribution in [-0.2, 0) is 11.3 Å². The third-order valence-corrected chi connectivity index (χ3v) is 4.49. The number of nitrogens with zero attached hydrogens (tertiary/aromatic N) is 2. The molecule has 0 spiro atoms. The predicted octanol–water partition coefficient (Wildman–Crippen LogP) is 2.25. The van der Waals surface area contributed by atoms with Crippen LogP contribution >= 0.6 is 23.2 Å². The van der Waals surface area contributed by atoms with Crippen molar-refractivity contribution in [2.45, 2.75) is 19.0 Å². The van der Waals surface area contributed by atoms with Crippen molar-refractivity contribution < 1.29 is 4.79 Å². The fraction of sp³-hybridized carbons (Fsp3) is 0.533. The van der Waals surface area contributed by atoms with Crippen molar-refractivity contribution in [3.8, 4) is 0 Å². The summed E-state index contributed by atoms with van der Waals surface area (Å²) in [5.41, 5.74) is 0.839. The van der Waals surface area contributed by atoms with E-state index in [0.717, 1.165) is 25.2 Å². The lowest BCUT2D eigenvalue weighted by molar-refractivity contribution is -0.122. The number of nitrogens with one attached hydrogen (secondary N) is 1. The number of likely N-dealkylation sites (N-methyl/N-ethyl adjacent to an activating group) is 2. The molecule has 21 heavy (non-hydrogen) atoms. The maximum absolute atomic E-state index is 12.1. The first-order valence-corrected chi connectivity index (χ1v) is 7.80. The molecule has 1 heterocycles. The second-order valence-corrected chi connectivity index (χ2v) is 6.46.